The fraction of sp³-hybridized carbons (Fsp3) is 0.154. The van der Waals surface area contributed by atoms with Gasteiger partial charge in [0.1, 0.15) is 0 Å². The zero-order valence-corrected chi connectivity index (χ0v) is 9.01. The van der Waals surface area contributed by atoms with E-state index >= 15 is 0 Å². The molecule has 0 saturated heterocycles. The Balaban J connectivity index is 2.01. The molecular formula is C13H13NO2. The third-order valence-electron chi connectivity index (χ3n) is 2.45. The highest BCUT2D eigenvalue weighted by Crippen LogP contribution is 2.13. The molecule has 0 amide bonds. The molecule has 1 unspecified atom stereocenters. The summed E-state index contributed by atoms with van der Waals surface area (Å²) in [6.45, 7) is 2.04. The zero-order valence-electron chi connectivity index (χ0n) is 9.01. The molecule has 1 aliphatic rings. The summed E-state index contributed by atoms with van der Waals surface area (Å²) in [5, 5.41) is 3.16. The maximum Gasteiger partial charge on any atom is 0.344 e. The summed E-state index contributed by atoms with van der Waals surface area (Å²) in [5.41, 5.74) is 1.72. The summed E-state index contributed by atoms with van der Waals surface area (Å²) in [7, 11) is 0. The van der Waals surface area contributed by atoms with Crippen molar-refractivity contribution in [3.05, 3.63) is 60.0 Å². The van der Waals surface area contributed by atoms with E-state index in [0.717, 1.165) is 0 Å². The molecule has 0 aromatic heterocycles. The lowest BCUT2D eigenvalue weighted by molar-refractivity contribution is -0.132. The third kappa shape index (κ3) is 2.31. The number of ether oxygens (including phenoxy) is 1. The first-order valence-corrected chi connectivity index (χ1v) is 5.16. The van der Waals surface area contributed by atoms with Gasteiger partial charge in [0.15, 0.2) is 0 Å². The molecule has 0 aliphatic carbocycles. The van der Waals surface area contributed by atoms with E-state index in [1.54, 1.807) is 12.3 Å². The van der Waals surface area contributed by atoms with Gasteiger partial charge in [0, 0.05) is 12.2 Å². The SMILES string of the molecule is CC(NC=C1C=COC1=O)c1ccccc1. The van der Waals surface area contributed by atoms with E-state index in [4.69, 9.17) is 0 Å². The molecule has 0 bridgehead atoms. The van der Waals surface area contributed by atoms with Crippen molar-refractivity contribution < 1.29 is 9.53 Å². The Bertz CT molecular complexity index is 435. The van der Waals surface area contributed by atoms with Crippen LogP contribution in [0, 0.1) is 0 Å². The number of carbonyl (C=O) groups is 1. The maximum absolute atomic E-state index is 11.1. The van der Waals surface area contributed by atoms with E-state index in [0.29, 0.717) is 5.57 Å². The number of hydrogen-bond donors (Lipinski definition) is 1. The third-order valence-corrected chi connectivity index (χ3v) is 2.45. The fourth-order valence-corrected chi connectivity index (χ4v) is 1.46. The van der Waals surface area contributed by atoms with Crippen LogP contribution in [0.25, 0.3) is 0 Å². The highest BCUT2D eigenvalue weighted by molar-refractivity contribution is 5.93. The zero-order chi connectivity index (χ0) is 11.4. The molecule has 0 spiro atoms. The van der Waals surface area contributed by atoms with Gasteiger partial charge in [-0.25, -0.2) is 4.79 Å². The molecule has 3 nitrogen and oxygen atoms in total. The van der Waals surface area contributed by atoms with Crippen LogP contribution in [0.2, 0.25) is 0 Å². The molecule has 1 aliphatic heterocycles. The molecule has 1 atom stereocenters. The first-order chi connectivity index (χ1) is 7.77. The molecule has 2 rings (SSSR count). The van der Waals surface area contributed by atoms with Crippen LogP contribution in [0.5, 0.6) is 0 Å². The van der Waals surface area contributed by atoms with Gasteiger partial charge in [0.05, 0.1) is 11.8 Å². The van der Waals surface area contributed by atoms with Gasteiger partial charge in [-0.2, -0.15) is 0 Å². The van der Waals surface area contributed by atoms with Crippen LogP contribution in [0.1, 0.15) is 18.5 Å². The van der Waals surface area contributed by atoms with Crippen molar-refractivity contribution in [3.63, 3.8) is 0 Å². The number of hydrogen-bond acceptors (Lipinski definition) is 3. The van der Waals surface area contributed by atoms with Crippen LogP contribution >= 0.6 is 0 Å². The van der Waals surface area contributed by atoms with E-state index in [1.165, 1.54) is 11.8 Å². The van der Waals surface area contributed by atoms with Crippen molar-refractivity contribution in [2.24, 2.45) is 0 Å². The summed E-state index contributed by atoms with van der Waals surface area (Å²) >= 11 is 0. The van der Waals surface area contributed by atoms with Crippen molar-refractivity contribution in [1.82, 2.24) is 5.32 Å². The van der Waals surface area contributed by atoms with Crippen molar-refractivity contribution in [2.45, 2.75) is 13.0 Å². The van der Waals surface area contributed by atoms with E-state index in [2.05, 4.69) is 10.1 Å². The van der Waals surface area contributed by atoms with Crippen molar-refractivity contribution in [3.8, 4) is 0 Å². The first kappa shape index (κ1) is 10.5. The summed E-state index contributed by atoms with van der Waals surface area (Å²) in [4.78, 5) is 11.1. The number of carbonyl (C=O) groups excluding carboxylic acids is 1. The lowest BCUT2D eigenvalue weighted by atomic mass is 10.1. The minimum Gasteiger partial charge on any atom is -0.431 e. The van der Waals surface area contributed by atoms with Gasteiger partial charge in [-0.1, -0.05) is 30.3 Å². The van der Waals surface area contributed by atoms with E-state index in [1.807, 2.05) is 37.3 Å². The van der Waals surface area contributed by atoms with Crippen molar-refractivity contribution in [1.29, 1.82) is 0 Å². The topological polar surface area (TPSA) is 38.3 Å². The van der Waals surface area contributed by atoms with Crippen LogP contribution in [-0.4, -0.2) is 5.97 Å². The lowest BCUT2D eigenvalue weighted by Gasteiger charge is -2.12. The predicted molar refractivity (Wildman–Crippen MR) is 61.3 cm³/mol. The second kappa shape index (κ2) is 4.66. The molecule has 1 aromatic carbocycles. The smallest absolute Gasteiger partial charge is 0.344 e. The Morgan fingerprint density at radius 1 is 1.31 bits per heavy atom. The molecule has 1 N–H and O–H groups in total. The Kier molecular flexibility index (Phi) is 3.05. The summed E-state index contributed by atoms with van der Waals surface area (Å²) < 4.78 is 4.68. The van der Waals surface area contributed by atoms with Crippen molar-refractivity contribution in [2.75, 3.05) is 0 Å². The van der Waals surface area contributed by atoms with Gasteiger partial charge >= 0.3 is 5.97 Å². The lowest BCUT2D eigenvalue weighted by Crippen LogP contribution is -2.13. The second-order valence-electron chi connectivity index (χ2n) is 3.61. The molecule has 16 heavy (non-hydrogen) atoms. The Labute approximate surface area is 94.4 Å². The minimum atomic E-state index is -0.312. The average Bonchev–Trinajstić information content (AvgIpc) is 2.73. The molecule has 0 saturated carbocycles. The fourth-order valence-electron chi connectivity index (χ4n) is 1.46. The molecule has 3 heteroatoms. The van der Waals surface area contributed by atoms with Gasteiger partial charge in [-0.05, 0) is 18.6 Å². The summed E-state index contributed by atoms with van der Waals surface area (Å²) in [6, 6.07) is 10.2. The molecule has 0 fully saturated rings. The maximum atomic E-state index is 11.1. The summed E-state index contributed by atoms with van der Waals surface area (Å²) in [6.07, 6.45) is 4.72. The predicted octanol–water partition coefficient (Wildman–Crippen LogP) is 2.29. The van der Waals surface area contributed by atoms with Crippen LogP contribution in [-0.2, 0) is 9.53 Å². The highest BCUT2D eigenvalue weighted by Gasteiger charge is 2.13. The largest absolute Gasteiger partial charge is 0.431 e. The van der Waals surface area contributed by atoms with Gasteiger partial charge in [0.2, 0.25) is 0 Å². The highest BCUT2D eigenvalue weighted by atomic mass is 16.5. The van der Waals surface area contributed by atoms with Crippen molar-refractivity contribution >= 4 is 5.97 Å². The Hall–Kier alpha value is -2.03. The van der Waals surface area contributed by atoms with Crippen LogP contribution in [0.4, 0.5) is 0 Å². The number of esters is 1. The van der Waals surface area contributed by atoms with Crippen LogP contribution < -0.4 is 5.32 Å². The molecule has 1 aromatic rings. The average molecular weight is 215 g/mol. The quantitative estimate of drug-likeness (QED) is 0.621. The molecule has 82 valence electrons. The van der Waals surface area contributed by atoms with Crippen LogP contribution in [0.15, 0.2) is 54.4 Å². The number of nitrogens with one attached hydrogen (secondary N) is 1. The number of cyclic esters (lactones) is 1. The van der Waals surface area contributed by atoms with E-state index < -0.39 is 0 Å². The van der Waals surface area contributed by atoms with Gasteiger partial charge in [0.25, 0.3) is 0 Å². The normalized spacial score (nSPS) is 18.6. The Morgan fingerprint density at radius 3 is 2.69 bits per heavy atom. The van der Waals surface area contributed by atoms with Gasteiger partial charge < -0.3 is 10.1 Å². The van der Waals surface area contributed by atoms with E-state index in [9.17, 15) is 4.79 Å². The first-order valence-electron chi connectivity index (χ1n) is 5.16. The van der Waals surface area contributed by atoms with Gasteiger partial charge in [-0.3, -0.25) is 0 Å². The number of rotatable bonds is 3. The minimum absolute atomic E-state index is 0.162. The van der Waals surface area contributed by atoms with Gasteiger partial charge in [-0.15, -0.1) is 0 Å². The second-order valence-corrected chi connectivity index (χ2v) is 3.61. The van der Waals surface area contributed by atoms with E-state index in [-0.39, 0.29) is 12.0 Å². The standard InChI is InChI=1S/C13H13NO2/c1-10(11-5-3-2-4-6-11)14-9-12-7-8-16-13(12)15/h2-10,14H,1H3. The van der Waals surface area contributed by atoms with Crippen LogP contribution in [0.3, 0.4) is 0 Å². The Morgan fingerprint density at radius 2 is 2.06 bits per heavy atom. The monoisotopic (exact) mass is 215 g/mol. The molecular weight excluding hydrogens is 202 g/mol. The molecule has 1 heterocycles. The summed E-state index contributed by atoms with van der Waals surface area (Å²) in [5.74, 6) is -0.312. The number of benzene rings is 1. The molecule has 0 radical (unpaired) electrons.